The molecule has 0 fully saturated rings. The second kappa shape index (κ2) is 70.3. The van der Waals surface area contributed by atoms with Gasteiger partial charge < -0.3 is 20.3 Å². The molecule has 0 saturated heterocycles. The van der Waals surface area contributed by atoms with Crippen molar-refractivity contribution in [2.75, 3.05) is 13.2 Å². The number of hydrogen-bond donors (Lipinski definition) is 3. The molecule has 0 aliphatic carbocycles. The quantitative estimate of drug-likeness (QED) is 0.0320. The van der Waals surface area contributed by atoms with E-state index in [1.165, 1.54) is 315 Å². The van der Waals surface area contributed by atoms with E-state index in [-0.39, 0.29) is 18.5 Å². The standard InChI is InChI=1S/C75H141NO5/c1-3-5-7-9-11-13-15-17-19-20-21-22-23-25-28-31-34-37-40-43-47-51-55-59-63-67-73(78)72(71-77)76-74(79)68-64-60-56-52-48-44-41-38-35-32-29-26-24-27-30-33-36-39-42-46-50-54-58-62-66-70-81-75(80)69-65-61-57-53-49-45-18-16-14-12-10-8-6-4-2/h16,18,26-27,29-30,63,67,72-73,77-78H,3-15,17,19-25,28,31-62,64-66,68-71H2,1-2H3,(H,76,79)/b18-16-,29-26-,30-27-,67-63+. The van der Waals surface area contributed by atoms with Crippen LogP contribution < -0.4 is 5.32 Å². The summed E-state index contributed by atoms with van der Waals surface area (Å²) in [5.74, 6) is -0.0702. The van der Waals surface area contributed by atoms with Gasteiger partial charge in [0, 0.05) is 12.8 Å². The Morgan fingerprint density at radius 1 is 0.346 bits per heavy atom. The Labute approximate surface area is 506 Å². The smallest absolute Gasteiger partial charge is 0.305 e. The molecule has 81 heavy (non-hydrogen) atoms. The second-order valence-electron chi connectivity index (χ2n) is 24.9. The van der Waals surface area contributed by atoms with E-state index in [1.54, 1.807) is 6.08 Å². The van der Waals surface area contributed by atoms with E-state index in [0.29, 0.717) is 19.4 Å². The van der Waals surface area contributed by atoms with Gasteiger partial charge in [0.1, 0.15) is 0 Å². The van der Waals surface area contributed by atoms with Gasteiger partial charge in [-0.3, -0.25) is 9.59 Å². The molecule has 476 valence electrons. The molecule has 0 rings (SSSR count). The summed E-state index contributed by atoms with van der Waals surface area (Å²) in [6.45, 7) is 4.92. The van der Waals surface area contributed by atoms with Crippen molar-refractivity contribution in [3.63, 3.8) is 0 Å². The molecule has 0 spiro atoms. The lowest BCUT2D eigenvalue weighted by Gasteiger charge is -2.20. The predicted octanol–water partition coefficient (Wildman–Crippen LogP) is 23.6. The van der Waals surface area contributed by atoms with E-state index >= 15 is 0 Å². The normalized spacial score (nSPS) is 12.8. The largest absolute Gasteiger partial charge is 0.466 e. The van der Waals surface area contributed by atoms with Gasteiger partial charge in [0.2, 0.25) is 5.91 Å². The molecule has 6 heteroatoms. The molecule has 1 amide bonds. The van der Waals surface area contributed by atoms with E-state index in [4.69, 9.17) is 4.74 Å². The number of ether oxygens (including phenoxy) is 1. The molecule has 0 aliphatic heterocycles. The minimum Gasteiger partial charge on any atom is -0.466 e. The number of carbonyl (C=O) groups excluding carboxylic acids is 2. The summed E-state index contributed by atoms with van der Waals surface area (Å²) >= 11 is 0. The number of nitrogens with one attached hydrogen (secondary N) is 1. The van der Waals surface area contributed by atoms with Crippen LogP contribution in [-0.2, 0) is 14.3 Å². The van der Waals surface area contributed by atoms with Gasteiger partial charge in [0.15, 0.2) is 0 Å². The van der Waals surface area contributed by atoms with Crippen molar-refractivity contribution in [3.05, 3.63) is 48.6 Å². The van der Waals surface area contributed by atoms with Crippen LogP contribution in [0.5, 0.6) is 0 Å². The first kappa shape index (κ1) is 78.8. The number of unbranched alkanes of at least 4 members (excludes halogenated alkanes) is 51. The van der Waals surface area contributed by atoms with Crippen LogP contribution in [0, 0.1) is 0 Å². The maximum Gasteiger partial charge on any atom is 0.305 e. The van der Waals surface area contributed by atoms with Crippen LogP contribution in [-0.4, -0.2) is 47.4 Å². The van der Waals surface area contributed by atoms with Crippen molar-refractivity contribution in [2.24, 2.45) is 0 Å². The molecule has 0 heterocycles. The van der Waals surface area contributed by atoms with Crippen molar-refractivity contribution in [1.29, 1.82) is 0 Å². The molecule has 0 aromatic carbocycles. The van der Waals surface area contributed by atoms with Crippen molar-refractivity contribution in [2.45, 2.75) is 405 Å². The minimum atomic E-state index is -0.851. The Morgan fingerprint density at radius 3 is 0.951 bits per heavy atom. The van der Waals surface area contributed by atoms with Gasteiger partial charge in [0.05, 0.1) is 25.4 Å². The second-order valence-corrected chi connectivity index (χ2v) is 24.9. The molecular weight excluding hydrogens is 995 g/mol. The van der Waals surface area contributed by atoms with Crippen LogP contribution in [0.25, 0.3) is 0 Å². The summed E-state index contributed by atoms with van der Waals surface area (Å²) in [4.78, 5) is 24.6. The molecule has 2 atom stereocenters. The fourth-order valence-electron chi connectivity index (χ4n) is 11.3. The van der Waals surface area contributed by atoms with Crippen molar-refractivity contribution >= 4 is 11.9 Å². The summed E-state index contributed by atoms with van der Waals surface area (Å²) in [7, 11) is 0. The van der Waals surface area contributed by atoms with E-state index < -0.39 is 12.1 Å². The lowest BCUT2D eigenvalue weighted by atomic mass is 10.0. The first-order valence-electron chi connectivity index (χ1n) is 36.4. The molecule has 0 aromatic heterocycles. The maximum absolute atomic E-state index is 12.5. The SMILES string of the molecule is CCCCCCC/C=C\CCCCCCCC(=O)OCCCCCCCCCCC/C=C\C/C=C\CCCCCCCCCCCC(=O)NC(CO)C(O)/C=C/CCCCCCCCCCCCCCCCCCCCCCCCC. The average Bonchev–Trinajstić information content (AvgIpc) is 3.47. The monoisotopic (exact) mass is 1140 g/mol. The summed E-state index contributed by atoms with van der Waals surface area (Å²) in [5, 5.41) is 23.3. The number of allylic oxidation sites excluding steroid dienone is 7. The number of rotatable bonds is 68. The maximum atomic E-state index is 12.5. The predicted molar refractivity (Wildman–Crippen MR) is 356 cm³/mol. The number of amides is 1. The molecule has 0 aromatic rings. The average molecular weight is 1140 g/mol. The number of esters is 1. The van der Waals surface area contributed by atoms with Gasteiger partial charge in [-0.1, -0.05) is 339 Å². The topological polar surface area (TPSA) is 95.9 Å². The highest BCUT2D eigenvalue weighted by atomic mass is 16.5. The van der Waals surface area contributed by atoms with Crippen LogP contribution in [0.1, 0.15) is 393 Å². The Hall–Kier alpha value is -2.18. The third-order valence-electron chi connectivity index (χ3n) is 16.8. The molecule has 0 radical (unpaired) electrons. The summed E-state index contributed by atoms with van der Waals surface area (Å²) in [6, 6.07) is -0.635. The fraction of sp³-hybridized carbons (Fsp3) is 0.867. The van der Waals surface area contributed by atoms with E-state index in [1.807, 2.05) is 6.08 Å². The Balaban J connectivity index is 3.46. The van der Waals surface area contributed by atoms with Crippen molar-refractivity contribution in [3.8, 4) is 0 Å². The lowest BCUT2D eigenvalue weighted by Crippen LogP contribution is -2.45. The van der Waals surface area contributed by atoms with Crippen LogP contribution in [0.3, 0.4) is 0 Å². The molecule has 0 bridgehead atoms. The van der Waals surface area contributed by atoms with Crippen LogP contribution in [0.15, 0.2) is 48.6 Å². The lowest BCUT2D eigenvalue weighted by molar-refractivity contribution is -0.143. The van der Waals surface area contributed by atoms with Gasteiger partial charge in [-0.25, -0.2) is 0 Å². The molecular formula is C75H141NO5. The zero-order valence-electron chi connectivity index (χ0n) is 54.5. The zero-order chi connectivity index (χ0) is 58.5. The van der Waals surface area contributed by atoms with Gasteiger partial charge >= 0.3 is 5.97 Å². The molecule has 6 nitrogen and oxygen atoms in total. The van der Waals surface area contributed by atoms with E-state index in [2.05, 4.69) is 55.6 Å². The first-order valence-corrected chi connectivity index (χ1v) is 36.4. The Bertz CT molecular complexity index is 1360. The number of aliphatic hydroxyl groups is 2. The van der Waals surface area contributed by atoms with Crippen LogP contribution in [0.2, 0.25) is 0 Å². The van der Waals surface area contributed by atoms with Crippen LogP contribution in [0.4, 0.5) is 0 Å². The van der Waals surface area contributed by atoms with Crippen LogP contribution >= 0.6 is 0 Å². The van der Waals surface area contributed by atoms with E-state index in [9.17, 15) is 19.8 Å². The molecule has 0 aliphatic rings. The first-order chi connectivity index (χ1) is 40.0. The Morgan fingerprint density at radius 2 is 0.617 bits per heavy atom. The summed E-state index contributed by atoms with van der Waals surface area (Å²) in [6.07, 6.45) is 91.9. The summed E-state index contributed by atoms with van der Waals surface area (Å²) in [5.41, 5.74) is 0. The van der Waals surface area contributed by atoms with E-state index in [0.717, 1.165) is 51.4 Å². The number of carbonyl (C=O) groups is 2. The number of aliphatic hydroxyl groups excluding tert-OH is 2. The highest BCUT2D eigenvalue weighted by Crippen LogP contribution is 2.18. The molecule has 2 unspecified atom stereocenters. The van der Waals surface area contributed by atoms with Gasteiger partial charge in [-0.05, 0) is 89.9 Å². The zero-order valence-corrected chi connectivity index (χ0v) is 54.5. The number of hydrogen-bond acceptors (Lipinski definition) is 5. The molecule has 0 saturated carbocycles. The third-order valence-corrected chi connectivity index (χ3v) is 16.8. The van der Waals surface area contributed by atoms with Gasteiger partial charge in [-0.15, -0.1) is 0 Å². The molecule has 3 N–H and O–H groups in total. The van der Waals surface area contributed by atoms with Gasteiger partial charge in [-0.2, -0.15) is 0 Å². The van der Waals surface area contributed by atoms with Crippen molar-refractivity contribution in [1.82, 2.24) is 5.32 Å². The van der Waals surface area contributed by atoms with Crippen molar-refractivity contribution < 1.29 is 24.5 Å². The Kier molecular flexibility index (Phi) is 68.4. The highest BCUT2D eigenvalue weighted by Gasteiger charge is 2.18. The minimum absolute atomic E-state index is 0.000302. The fourth-order valence-corrected chi connectivity index (χ4v) is 11.3. The third kappa shape index (κ3) is 66.8. The highest BCUT2D eigenvalue weighted by molar-refractivity contribution is 5.76. The summed E-state index contributed by atoms with van der Waals surface area (Å²) < 4.78 is 5.48. The van der Waals surface area contributed by atoms with Gasteiger partial charge in [0.25, 0.3) is 0 Å².